The second-order valence-corrected chi connectivity index (χ2v) is 6.33. The number of Topliss-reactive ketones (excluding diaryl/α,β-unsaturated/α-hetero) is 1. The Bertz CT molecular complexity index is 739. The van der Waals surface area contributed by atoms with Crippen LogP contribution in [0.5, 0.6) is 0 Å². The van der Waals surface area contributed by atoms with E-state index in [1.165, 1.54) is 0 Å². The van der Waals surface area contributed by atoms with E-state index in [-0.39, 0.29) is 30.6 Å². The number of carbonyl (C=O) groups is 2. The molecule has 136 valence electrons. The molecule has 0 saturated carbocycles. The van der Waals surface area contributed by atoms with Crippen LogP contribution in [0, 0.1) is 0 Å². The fourth-order valence-electron chi connectivity index (χ4n) is 3.04. The molecule has 2 atom stereocenters. The third-order valence-electron chi connectivity index (χ3n) is 4.48. The molecule has 3 rings (SSSR count). The van der Waals surface area contributed by atoms with Crippen molar-refractivity contribution in [2.75, 3.05) is 18.0 Å². The van der Waals surface area contributed by atoms with E-state index in [9.17, 15) is 14.7 Å². The van der Waals surface area contributed by atoms with Gasteiger partial charge in [0.15, 0.2) is 5.78 Å². The summed E-state index contributed by atoms with van der Waals surface area (Å²) >= 11 is 0. The maximum atomic E-state index is 12.1. The summed E-state index contributed by atoms with van der Waals surface area (Å²) in [4.78, 5) is 34.4. The van der Waals surface area contributed by atoms with Crippen molar-refractivity contribution < 1.29 is 14.7 Å². The third-order valence-corrected chi connectivity index (χ3v) is 4.48. The van der Waals surface area contributed by atoms with E-state index >= 15 is 0 Å². The Labute approximate surface area is 152 Å². The molecule has 1 aliphatic heterocycles. The highest BCUT2D eigenvalue weighted by molar-refractivity contribution is 5.97. The normalized spacial score (nSPS) is 19.8. The Hall–Kier alpha value is -2.80. The molecule has 2 heterocycles. The zero-order valence-electron chi connectivity index (χ0n) is 14.4. The number of anilines is 1. The Morgan fingerprint density at radius 3 is 2.69 bits per heavy atom. The minimum absolute atomic E-state index is 0.0567. The summed E-state index contributed by atoms with van der Waals surface area (Å²) in [6, 6.07) is 8.61. The van der Waals surface area contributed by atoms with Crippen molar-refractivity contribution in [2.45, 2.75) is 31.4 Å². The minimum Gasteiger partial charge on any atom is -0.389 e. The lowest BCUT2D eigenvalue weighted by Gasteiger charge is -2.36. The number of hydrogen-bond acceptors (Lipinski definition) is 6. The molecule has 7 nitrogen and oxygen atoms in total. The number of rotatable bonds is 6. The molecular formula is C19H22N4O3. The highest BCUT2D eigenvalue weighted by Crippen LogP contribution is 2.17. The van der Waals surface area contributed by atoms with Gasteiger partial charge in [-0.25, -0.2) is 4.98 Å². The lowest BCUT2D eigenvalue weighted by Crippen LogP contribution is -2.54. The summed E-state index contributed by atoms with van der Waals surface area (Å²) in [6.07, 6.45) is 5.05. The van der Waals surface area contributed by atoms with Crippen molar-refractivity contribution >= 4 is 17.5 Å². The van der Waals surface area contributed by atoms with Crippen LogP contribution in [0.4, 0.5) is 5.82 Å². The molecule has 0 unspecified atom stereocenters. The number of ketones is 1. The number of carbonyl (C=O) groups excluding carboxylic acids is 2. The largest absolute Gasteiger partial charge is 0.389 e. The summed E-state index contributed by atoms with van der Waals surface area (Å²) in [6.45, 7) is 1.05. The minimum atomic E-state index is -0.695. The lowest BCUT2D eigenvalue weighted by atomic mass is 10.0. The molecule has 0 spiro atoms. The van der Waals surface area contributed by atoms with Gasteiger partial charge in [-0.15, -0.1) is 0 Å². The molecule has 1 fully saturated rings. The zero-order valence-corrected chi connectivity index (χ0v) is 14.4. The van der Waals surface area contributed by atoms with Gasteiger partial charge in [-0.1, -0.05) is 30.3 Å². The van der Waals surface area contributed by atoms with Gasteiger partial charge in [0.2, 0.25) is 5.91 Å². The summed E-state index contributed by atoms with van der Waals surface area (Å²) in [7, 11) is 0. The van der Waals surface area contributed by atoms with Gasteiger partial charge in [0, 0.05) is 43.9 Å². The SMILES string of the molecule is O=C(CCC(=O)c1ccccc1)N[C@@H]1CCN(c2cnccn2)C[C@H]1O. The molecule has 1 aromatic heterocycles. The molecule has 1 saturated heterocycles. The van der Waals surface area contributed by atoms with Gasteiger partial charge in [-0.2, -0.15) is 0 Å². The van der Waals surface area contributed by atoms with Crippen LogP contribution in [-0.4, -0.2) is 52.0 Å². The first-order chi connectivity index (χ1) is 12.6. The first-order valence-corrected chi connectivity index (χ1v) is 8.70. The Balaban J connectivity index is 1.46. The number of nitrogens with zero attached hydrogens (tertiary/aromatic N) is 3. The molecule has 2 N–H and O–H groups in total. The Morgan fingerprint density at radius 2 is 2.00 bits per heavy atom. The fraction of sp³-hybridized carbons (Fsp3) is 0.368. The highest BCUT2D eigenvalue weighted by atomic mass is 16.3. The molecule has 26 heavy (non-hydrogen) atoms. The highest BCUT2D eigenvalue weighted by Gasteiger charge is 2.29. The van der Waals surface area contributed by atoms with Crippen LogP contribution in [0.15, 0.2) is 48.9 Å². The molecule has 0 radical (unpaired) electrons. The van der Waals surface area contributed by atoms with Crippen molar-refractivity contribution in [2.24, 2.45) is 0 Å². The van der Waals surface area contributed by atoms with E-state index in [1.807, 2.05) is 11.0 Å². The van der Waals surface area contributed by atoms with Crippen molar-refractivity contribution in [1.29, 1.82) is 0 Å². The lowest BCUT2D eigenvalue weighted by molar-refractivity contribution is -0.122. The quantitative estimate of drug-likeness (QED) is 0.757. The number of aromatic nitrogens is 2. The maximum absolute atomic E-state index is 12.1. The number of amides is 1. The van der Waals surface area contributed by atoms with Gasteiger partial charge in [0.05, 0.1) is 18.3 Å². The van der Waals surface area contributed by atoms with Gasteiger partial charge in [-0.05, 0) is 6.42 Å². The molecule has 2 aromatic rings. The fourth-order valence-corrected chi connectivity index (χ4v) is 3.04. The Morgan fingerprint density at radius 1 is 1.19 bits per heavy atom. The Kier molecular flexibility index (Phi) is 5.91. The van der Waals surface area contributed by atoms with Crippen LogP contribution >= 0.6 is 0 Å². The maximum Gasteiger partial charge on any atom is 0.220 e. The van der Waals surface area contributed by atoms with Crippen molar-refractivity contribution in [3.63, 3.8) is 0 Å². The molecule has 7 heteroatoms. The summed E-state index contributed by atoms with van der Waals surface area (Å²) in [5.74, 6) is 0.440. The predicted octanol–water partition coefficient (Wildman–Crippen LogP) is 1.20. The smallest absolute Gasteiger partial charge is 0.220 e. The van der Waals surface area contributed by atoms with Crippen LogP contribution in [-0.2, 0) is 4.79 Å². The molecule has 1 aliphatic rings. The number of piperidine rings is 1. The van der Waals surface area contributed by atoms with E-state index < -0.39 is 6.10 Å². The van der Waals surface area contributed by atoms with Gasteiger partial charge < -0.3 is 15.3 Å². The van der Waals surface area contributed by atoms with E-state index in [0.717, 1.165) is 0 Å². The van der Waals surface area contributed by atoms with Gasteiger partial charge in [-0.3, -0.25) is 14.6 Å². The molecule has 1 aromatic carbocycles. The first kappa shape index (κ1) is 18.0. The third kappa shape index (κ3) is 4.64. The van der Waals surface area contributed by atoms with E-state index in [4.69, 9.17) is 0 Å². The van der Waals surface area contributed by atoms with Crippen molar-refractivity contribution in [1.82, 2.24) is 15.3 Å². The number of benzene rings is 1. The second-order valence-electron chi connectivity index (χ2n) is 6.33. The molecule has 0 bridgehead atoms. The average Bonchev–Trinajstić information content (AvgIpc) is 2.69. The van der Waals surface area contributed by atoms with Gasteiger partial charge in [0.1, 0.15) is 5.82 Å². The number of nitrogens with one attached hydrogen (secondary N) is 1. The monoisotopic (exact) mass is 354 g/mol. The summed E-state index contributed by atoms with van der Waals surface area (Å²) in [5, 5.41) is 13.2. The number of hydrogen-bond donors (Lipinski definition) is 2. The van der Waals surface area contributed by atoms with Crippen molar-refractivity contribution in [3.8, 4) is 0 Å². The second kappa shape index (κ2) is 8.53. The number of β-amino-alcohol motifs (C(OH)–C–C–N with tert-alkyl or cyclic N) is 1. The van der Waals surface area contributed by atoms with Crippen LogP contribution in [0.2, 0.25) is 0 Å². The molecular weight excluding hydrogens is 332 g/mol. The van der Waals surface area contributed by atoms with E-state index in [1.54, 1.807) is 42.9 Å². The number of aliphatic hydroxyl groups is 1. The molecule has 0 aliphatic carbocycles. The van der Waals surface area contributed by atoms with Gasteiger partial charge in [0.25, 0.3) is 0 Å². The zero-order chi connectivity index (χ0) is 18.4. The van der Waals surface area contributed by atoms with E-state index in [0.29, 0.717) is 30.9 Å². The van der Waals surface area contributed by atoms with Crippen molar-refractivity contribution in [3.05, 3.63) is 54.5 Å². The van der Waals surface area contributed by atoms with Crippen LogP contribution < -0.4 is 10.2 Å². The van der Waals surface area contributed by atoms with Crippen LogP contribution in [0.25, 0.3) is 0 Å². The summed E-state index contributed by atoms with van der Waals surface area (Å²) in [5.41, 5.74) is 0.609. The molecule has 1 amide bonds. The topological polar surface area (TPSA) is 95.4 Å². The number of aliphatic hydroxyl groups excluding tert-OH is 1. The summed E-state index contributed by atoms with van der Waals surface area (Å²) < 4.78 is 0. The predicted molar refractivity (Wildman–Crippen MR) is 96.8 cm³/mol. The van der Waals surface area contributed by atoms with Gasteiger partial charge >= 0.3 is 0 Å². The standard InChI is InChI=1S/C19H22N4O3/c24-16(14-4-2-1-3-5-14)6-7-19(26)22-15-8-11-23(13-17(15)25)18-12-20-9-10-21-18/h1-5,9-10,12,15,17,25H,6-8,11,13H2,(H,22,26)/t15-,17-/m1/s1. The average molecular weight is 354 g/mol. The van der Waals surface area contributed by atoms with Crippen LogP contribution in [0.3, 0.4) is 0 Å². The van der Waals surface area contributed by atoms with Crippen LogP contribution in [0.1, 0.15) is 29.6 Å². The first-order valence-electron chi connectivity index (χ1n) is 8.70. The van der Waals surface area contributed by atoms with E-state index in [2.05, 4.69) is 15.3 Å².